The molecule has 94 valence electrons. The topological polar surface area (TPSA) is 75.8 Å². The van der Waals surface area contributed by atoms with Gasteiger partial charge in [-0.15, -0.1) is 0 Å². The van der Waals surface area contributed by atoms with Crippen LogP contribution in [0.25, 0.3) is 0 Å². The lowest BCUT2D eigenvalue weighted by Gasteiger charge is -2.19. The summed E-state index contributed by atoms with van der Waals surface area (Å²) in [4.78, 5) is 11.1. The summed E-state index contributed by atoms with van der Waals surface area (Å²) in [5.74, 6) is 0. The highest BCUT2D eigenvalue weighted by Crippen LogP contribution is 2.22. The van der Waals surface area contributed by atoms with Gasteiger partial charge in [0.2, 0.25) is 0 Å². The third-order valence-corrected chi connectivity index (χ3v) is 3.10. The van der Waals surface area contributed by atoms with Crippen molar-refractivity contribution in [3.8, 4) is 0 Å². The lowest BCUT2D eigenvalue weighted by molar-refractivity contribution is -0.128. The Hall–Kier alpha value is -1.24. The first kappa shape index (κ1) is 13.8. The monoisotopic (exact) mass is 256 g/mol. The standard InChI is InChI=1S/C11H16N2O3S/c12-10-1-3-11(4-2-10)17-13(5-7-14)6-8-16-9-15/h1-4,9,14H,5-8,12H2. The molecule has 1 aromatic rings. The molecular formula is C11H16N2O3S. The molecule has 0 heterocycles. The van der Waals surface area contributed by atoms with Gasteiger partial charge < -0.3 is 15.6 Å². The van der Waals surface area contributed by atoms with Crippen LogP contribution in [0.15, 0.2) is 29.2 Å². The molecule has 0 saturated heterocycles. The van der Waals surface area contributed by atoms with E-state index in [4.69, 9.17) is 10.8 Å². The Bertz CT molecular complexity index is 332. The lowest BCUT2D eigenvalue weighted by atomic mass is 10.3. The number of rotatable bonds is 8. The molecule has 6 heteroatoms. The molecule has 0 spiro atoms. The summed E-state index contributed by atoms with van der Waals surface area (Å²) in [5.41, 5.74) is 6.31. The Kier molecular flexibility index (Phi) is 6.46. The van der Waals surface area contributed by atoms with Crippen molar-refractivity contribution in [2.45, 2.75) is 4.90 Å². The van der Waals surface area contributed by atoms with E-state index in [0.717, 1.165) is 4.90 Å². The number of ether oxygens (including phenoxy) is 1. The van der Waals surface area contributed by atoms with E-state index in [1.807, 2.05) is 28.6 Å². The number of nitrogen functional groups attached to an aromatic ring is 1. The molecule has 0 aliphatic carbocycles. The van der Waals surface area contributed by atoms with Crippen molar-refractivity contribution in [2.75, 3.05) is 32.0 Å². The molecule has 0 unspecified atom stereocenters. The zero-order chi connectivity index (χ0) is 12.5. The fourth-order valence-corrected chi connectivity index (χ4v) is 2.09. The summed E-state index contributed by atoms with van der Waals surface area (Å²) in [6, 6.07) is 7.46. The van der Waals surface area contributed by atoms with Crippen LogP contribution in [0, 0.1) is 0 Å². The quantitative estimate of drug-likeness (QED) is 0.309. The van der Waals surface area contributed by atoms with Gasteiger partial charge in [0.1, 0.15) is 6.61 Å². The van der Waals surface area contributed by atoms with Crippen molar-refractivity contribution in [1.82, 2.24) is 4.31 Å². The van der Waals surface area contributed by atoms with Gasteiger partial charge in [0.15, 0.2) is 0 Å². The zero-order valence-corrected chi connectivity index (χ0v) is 10.2. The minimum atomic E-state index is 0.0586. The Morgan fingerprint density at radius 1 is 1.35 bits per heavy atom. The Balaban J connectivity index is 2.47. The molecule has 0 aliphatic rings. The van der Waals surface area contributed by atoms with E-state index < -0.39 is 0 Å². The molecular weight excluding hydrogens is 240 g/mol. The molecule has 0 aromatic heterocycles. The van der Waals surface area contributed by atoms with Crippen molar-refractivity contribution in [3.05, 3.63) is 24.3 Å². The molecule has 0 fully saturated rings. The molecule has 5 nitrogen and oxygen atoms in total. The Morgan fingerprint density at radius 3 is 2.65 bits per heavy atom. The molecule has 3 N–H and O–H groups in total. The Morgan fingerprint density at radius 2 is 2.06 bits per heavy atom. The summed E-state index contributed by atoms with van der Waals surface area (Å²) in [6.07, 6.45) is 0. The maximum absolute atomic E-state index is 10.0. The number of benzene rings is 1. The number of anilines is 1. The molecule has 0 atom stereocenters. The van der Waals surface area contributed by atoms with Gasteiger partial charge in [0.05, 0.1) is 6.61 Å². The third-order valence-electron chi connectivity index (χ3n) is 1.99. The first-order valence-electron chi connectivity index (χ1n) is 5.21. The van der Waals surface area contributed by atoms with Gasteiger partial charge in [-0.25, -0.2) is 4.31 Å². The number of nitrogens with two attached hydrogens (primary N) is 1. The van der Waals surface area contributed by atoms with Crippen LogP contribution in [-0.2, 0) is 9.53 Å². The van der Waals surface area contributed by atoms with Crippen LogP contribution in [0.2, 0.25) is 0 Å². The van der Waals surface area contributed by atoms with Crippen LogP contribution in [0.1, 0.15) is 0 Å². The summed E-state index contributed by atoms with van der Waals surface area (Å²) in [6.45, 7) is 1.87. The summed E-state index contributed by atoms with van der Waals surface area (Å²) >= 11 is 1.49. The van der Waals surface area contributed by atoms with Crippen molar-refractivity contribution >= 4 is 24.1 Å². The van der Waals surface area contributed by atoms with Crippen molar-refractivity contribution < 1.29 is 14.6 Å². The number of hydrogen-bond acceptors (Lipinski definition) is 6. The van der Waals surface area contributed by atoms with E-state index in [0.29, 0.717) is 31.9 Å². The predicted molar refractivity (Wildman–Crippen MR) is 67.4 cm³/mol. The normalized spacial score (nSPS) is 10.5. The molecule has 0 saturated carbocycles. The number of carbonyl (C=O) groups excluding carboxylic acids is 1. The van der Waals surface area contributed by atoms with E-state index in [-0.39, 0.29) is 6.61 Å². The van der Waals surface area contributed by atoms with Gasteiger partial charge in [-0.2, -0.15) is 0 Å². The molecule has 0 amide bonds. The van der Waals surface area contributed by atoms with Gasteiger partial charge in [0.25, 0.3) is 6.47 Å². The molecule has 1 aromatic carbocycles. The average Bonchev–Trinajstić information content (AvgIpc) is 2.32. The second-order valence-electron chi connectivity index (χ2n) is 3.28. The predicted octanol–water partition coefficient (Wildman–Crippen LogP) is 0.743. The summed E-state index contributed by atoms with van der Waals surface area (Å²) < 4.78 is 6.56. The fraction of sp³-hybridized carbons (Fsp3) is 0.364. The summed E-state index contributed by atoms with van der Waals surface area (Å²) in [7, 11) is 0. The van der Waals surface area contributed by atoms with Gasteiger partial charge in [0, 0.05) is 23.7 Å². The van der Waals surface area contributed by atoms with Crippen molar-refractivity contribution in [1.29, 1.82) is 0 Å². The van der Waals surface area contributed by atoms with Gasteiger partial charge in [-0.05, 0) is 36.2 Å². The number of nitrogens with zero attached hydrogens (tertiary/aromatic N) is 1. The Labute approximate surface area is 105 Å². The van der Waals surface area contributed by atoms with Crippen molar-refractivity contribution in [2.24, 2.45) is 0 Å². The molecule has 0 bridgehead atoms. The fourth-order valence-electron chi connectivity index (χ4n) is 1.20. The third kappa shape index (κ3) is 5.58. The minimum absolute atomic E-state index is 0.0586. The SMILES string of the molecule is Nc1ccc(SN(CCO)CCOC=O)cc1. The van der Waals surface area contributed by atoms with E-state index >= 15 is 0 Å². The van der Waals surface area contributed by atoms with E-state index in [1.54, 1.807) is 0 Å². The highest BCUT2D eigenvalue weighted by molar-refractivity contribution is 7.97. The minimum Gasteiger partial charge on any atom is -0.466 e. The van der Waals surface area contributed by atoms with Gasteiger partial charge in [-0.3, -0.25) is 4.79 Å². The number of aliphatic hydroxyl groups is 1. The first-order valence-corrected chi connectivity index (χ1v) is 5.98. The second kappa shape index (κ2) is 7.94. The van der Waals surface area contributed by atoms with E-state index in [2.05, 4.69) is 4.74 Å². The second-order valence-corrected chi connectivity index (χ2v) is 4.45. The van der Waals surface area contributed by atoms with Crippen LogP contribution < -0.4 is 5.73 Å². The maximum atomic E-state index is 10.0. The molecule has 17 heavy (non-hydrogen) atoms. The number of aliphatic hydroxyl groups excluding tert-OH is 1. The van der Waals surface area contributed by atoms with Crippen LogP contribution >= 0.6 is 11.9 Å². The average molecular weight is 256 g/mol. The molecule has 1 rings (SSSR count). The number of carbonyl (C=O) groups is 1. The van der Waals surface area contributed by atoms with E-state index in [9.17, 15) is 4.79 Å². The molecule has 0 radical (unpaired) electrons. The van der Waals surface area contributed by atoms with Crippen LogP contribution in [0.5, 0.6) is 0 Å². The van der Waals surface area contributed by atoms with Crippen LogP contribution in [0.4, 0.5) is 5.69 Å². The highest BCUT2D eigenvalue weighted by atomic mass is 32.2. The van der Waals surface area contributed by atoms with E-state index in [1.165, 1.54) is 11.9 Å². The van der Waals surface area contributed by atoms with Gasteiger partial charge in [-0.1, -0.05) is 0 Å². The smallest absolute Gasteiger partial charge is 0.293 e. The highest BCUT2D eigenvalue weighted by Gasteiger charge is 2.06. The van der Waals surface area contributed by atoms with Crippen LogP contribution in [0.3, 0.4) is 0 Å². The largest absolute Gasteiger partial charge is 0.466 e. The lowest BCUT2D eigenvalue weighted by Crippen LogP contribution is -2.24. The van der Waals surface area contributed by atoms with Gasteiger partial charge >= 0.3 is 0 Å². The van der Waals surface area contributed by atoms with Crippen LogP contribution in [-0.4, -0.2) is 42.2 Å². The first-order chi connectivity index (χ1) is 8.26. The summed E-state index contributed by atoms with van der Waals surface area (Å²) in [5, 5.41) is 8.93. The zero-order valence-electron chi connectivity index (χ0n) is 9.41. The maximum Gasteiger partial charge on any atom is 0.293 e. The molecule has 0 aliphatic heterocycles. The number of hydrogen-bond donors (Lipinski definition) is 2. The van der Waals surface area contributed by atoms with Crippen molar-refractivity contribution in [3.63, 3.8) is 0 Å².